The zero-order valence-electron chi connectivity index (χ0n) is 17.5. The van der Waals surface area contributed by atoms with Crippen LogP contribution in [0.25, 0.3) is 11.0 Å². The maximum absolute atomic E-state index is 11.7. The standard InChI is InChI=1S/C19H30ClN5O3/c1-7-27-11-14-24-15-16(12(2)13(3)23-17(15)20)25(14)22-10-8-9-21-18(26)28-19(4,5)6/h22H,7-11H2,1-6H3,(H,21,26). The molecule has 2 N–H and O–H groups in total. The minimum Gasteiger partial charge on any atom is -0.444 e. The maximum Gasteiger partial charge on any atom is 0.407 e. The van der Waals surface area contributed by atoms with Crippen molar-refractivity contribution >= 4 is 28.7 Å². The highest BCUT2D eigenvalue weighted by molar-refractivity contribution is 6.33. The number of ether oxygens (including phenoxy) is 2. The first-order chi connectivity index (χ1) is 13.1. The Morgan fingerprint density at radius 3 is 2.57 bits per heavy atom. The van der Waals surface area contributed by atoms with Crippen LogP contribution in [0.2, 0.25) is 5.15 Å². The van der Waals surface area contributed by atoms with Crippen molar-refractivity contribution < 1.29 is 14.3 Å². The molecule has 2 aromatic rings. The molecule has 0 spiro atoms. The average molecular weight is 412 g/mol. The predicted octanol–water partition coefficient (Wildman–Crippen LogP) is 3.70. The van der Waals surface area contributed by atoms with Crippen LogP contribution in [0.15, 0.2) is 0 Å². The minimum absolute atomic E-state index is 0.364. The van der Waals surface area contributed by atoms with Crippen molar-refractivity contribution in [2.75, 3.05) is 25.1 Å². The van der Waals surface area contributed by atoms with Crippen LogP contribution >= 0.6 is 11.6 Å². The first-order valence-electron chi connectivity index (χ1n) is 9.46. The van der Waals surface area contributed by atoms with Gasteiger partial charge in [-0.2, -0.15) is 0 Å². The van der Waals surface area contributed by atoms with Crippen molar-refractivity contribution in [1.29, 1.82) is 0 Å². The smallest absolute Gasteiger partial charge is 0.407 e. The van der Waals surface area contributed by atoms with Crippen LogP contribution < -0.4 is 10.7 Å². The molecule has 0 radical (unpaired) electrons. The third kappa shape index (κ3) is 5.72. The molecular formula is C19H30ClN5O3. The lowest BCUT2D eigenvalue weighted by molar-refractivity contribution is 0.0527. The van der Waals surface area contributed by atoms with Gasteiger partial charge in [0.1, 0.15) is 17.7 Å². The van der Waals surface area contributed by atoms with Crippen LogP contribution in [0.3, 0.4) is 0 Å². The average Bonchev–Trinajstić information content (AvgIpc) is 2.95. The number of alkyl carbamates (subject to hydrolysis) is 1. The van der Waals surface area contributed by atoms with E-state index in [4.69, 9.17) is 21.1 Å². The number of halogens is 1. The van der Waals surface area contributed by atoms with Gasteiger partial charge in [0.05, 0.1) is 5.52 Å². The van der Waals surface area contributed by atoms with E-state index in [1.165, 1.54) is 0 Å². The third-order valence-electron chi connectivity index (χ3n) is 4.03. The van der Waals surface area contributed by atoms with Gasteiger partial charge >= 0.3 is 6.09 Å². The molecule has 0 aromatic carbocycles. The Morgan fingerprint density at radius 2 is 1.93 bits per heavy atom. The monoisotopic (exact) mass is 411 g/mol. The number of carbonyl (C=O) groups excluding carboxylic acids is 1. The predicted molar refractivity (Wildman–Crippen MR) is 110 cm³/mol. The summed E-state index contributed by atoms with van der Waals surface area (Å²) in [5.74, 6) is 0.731. The number of imidazole rings is 1. The molecule has 2 heterocycles. The fourth-order valence-corrected chi connectivity index (χ4v) is 2.91. The van der Waals surface area contributed by atoms with Crippen LogP contribution in [-0.4, -0.2) is 46.0 Å². The number of aromatic nitrogens is 3. The van der Waals surface area contributed by atoms with Crippen molar-refractivity contribution in [2.24, 2.45) is 0 Å². The Morgan fingerprint density at radius 1 is 1.21 bits per heavy atom. The van der Waals surface area contributed by atoms with Crippen LogP contribution in [0.4, 0.5) is 4.79 Å². The van der Waals surface area contributed by atoms with E-state index in [-0.39, 0.29) is 0 Å². The topological polar surface area (TPSA) is 90.3 Å². The van der Waals surface area contributed by atoms with E-state index in [1.54, 1.807) is 0 Å². The summed E-state index contributed by atoms with van der Waals surface area (Å²) in [6, 6.07) is 0. The Hall–Kier alpha value is -2.06. The molecule has 156 valence electrons. The molecule has 9 heteroatoms. The third-order valence-corrected chi connectivity index (χ3v) is 4.30. The molecular weight excluding hydrogens is 382 g/mol. The number of amides is 1. The van der Waals surface area contributed by atoms with E-state index in [2.05, 4.69) is 20.7 Å². The molecule has 0 fully saturated rings. The Kier molecular flexibility index (Phi) is 7.48. The van der Waals surface area contributed by atoms with Gasteiger partial charge in [-0.05, 0) is 53.5 Å². The first kappa shape index (κ1) is 22.2. The summed E-state index contributed by atoms with van der Waals surface area (Å²) >= 11 is 6.31. The van der Waals surface area contributed by atoms with Gasteiger partial charge in [0.2, 0.25) is 0 Å². The lowest BCUT2D eigenvalue weighted by Gasteiger charge is -2.19. The summed E-state index contributed by atoms with van der Waals surface area (Å²) in [4.78, 5) is 20.7. The molecule has 8 nitrogen and oxygen atoms in total. The maximum atomic E-state index is 11.7. The zero-order chi connectivity index (χ0) is 20.9. The molecule has 0 bridgehead atoms. The van der Waals surface area contributed by atoms with E-state index in [0.717, 1.165) is 22.6 Å². The van der Waals surface area contributed by atoms with Crippen LogP contribution in [0.5, 0.6) is 0 Å². The molecule has 0 saturated heterocycles. The highest BCUT2D eigenvalue weighted by Crippen LogP contribution is 2.27. The number of fused-ring (bicyclic) bond motifs is 1. The molecule has 1 amide bonds. The molecule has 2 aromatic heterocycles. The van der Waals surface area contributed by atoms with Crippen LogP contribution in [0.1, 0.15) is 51.2 Å². The summed E-state index contributed by atoms with van der Waals surface area (Å²) in [6.07, 6.45) is 0.297. The lowest BCUT2D eigenvalue weighted by atomic mass is 10.2. The summed E-state index contributed by atoms with van der Waals surface area (Å²) < 4.78 is 12.7. The van der Waals surface area contributed by atoms with Gasteiger partial charge in [0.15, 0.2) is 11.0 Å². The molecule has 0 unspecified atom stereocenters. The van der Waals surface area contributed by atoms with Gasteiger partial charge < -0.3 is 20.2 Å². The summed E-state index contributed by atoms with van der Waals surface area (Å²) in [6.45, 7) is 13.4. The lowest BCUT2D eigenvalue weighted by Crippen LogP contribution is -2.33. The largest absolute Gasteiger partial charge is 0.444 e. The van der Waals surface area contributed by atoms with Crippen LogP contribution in [0, 0.1) is 13.8 Å². The highest BCUT2D eigenvalue weighted by atomic mass is 35.5. The van der Waals surface area contributed by atoms with Crippen molar-refractivity contribution in [3.8, 4) is 0 Å². The summed E-state index contributed by atoms with van der Waals surface area (Å²) in [5.41, 5.74) is 6.27. The highest BCUT2D eigenvalue weighted by Gasteiger charge is 2.18. The van der Waals surface area contributed by atoms with E-state index < -0.39 is 11.7 Å². The first-order valence-corrected chi connectivity index (χ1v) is 9.84. The molecule has 28 heavy (non-hydrogen) atoms. The van der Waals surface area contributed by atoms with E-state index in [9.17, 15) is 4.79 Å². The van der Waals surface area contributed by atoms with Crippen molar-refractivity contribution in [3.05, 3.63) is 22.2 Å². The Balaban J connectivity index is 2.07. The van der Waals surface area contributed by atoms with Gasteiger partial charge in [-0.1, -0.05) is 11.6 Å². The molecule has 2 rings (SSSR count). The second-order valence-corrected chi connectivity index (χ2v) is 7.86. The quantitative estimate of drug-likeness (QED) is 0.508. The fourth-order valence-electron chi connectivity index (χ4n) is 2.66. The van der Waals surface area contributed by atoms with Gasteiger partial charge in [-0.3, -0.25) is 0 Å². The number of rotatable bonds is 8. The van der Waals surface area contributed by atoms with Crippen molar-refractivity contribution in [2.45, 2.75) is 60.2 Å². The number of hydrogen-bond acceptors (Lipinski definition) is 6. The number of pyridine rings is 1. The number of carbonyl (C=O) groups is 1. The van der Waals surface area contributed by atoms with Gasteiger partial charge in [0, 0.05) is 25.4 Å². The Bertz CT molecular complexity index is 829. The van der Waals surface area contributed by atoms with Gasteiger partial charge in [-0.15, -0.1) is 0 Å². The second kappa shape index (κ2) is 9.43. The Labute approximate surface area is 170 Å². The van der Waals surface area contributed by atoms with Gasteiger partial charge in [-0.25, -0.2) is 19.4 Å². The summed E-state index contributed by atoms with van der Waals surface area (Å²) in [7, 11) is 0. The number of nitrogens with zero attached hydrogens (tertiary/aromatic N) is 3. The normalized spacial score (nSPS) is 11.7. The van der Waals surface area contributed by atoms with E-state index in [0.29, 0.717) is 43.4 Å². The molecule has 0 aliphatic carbocycles. The molecule has 0 aliphatic heterocycles. The molecule has 0 atom stereocenters. The van der Waals surface area contributed by atoms with E-state index in [1.807, 2.05) is 46.2 Å². The van der Waals surface area contributed by atoms with Crippen LogP contribution in [-0.2, 0) is 16.1 Å². The number of nitrogens with one attached hydrogen (secondary N) is 2. The number of hydrogen-bond donors (Lipinski definition) is 2. The van der Waals surface area contributed by atoms with Gasteiger partial charge in [0.25, 0.3) is 0 Å². The van der Waals surface area contributed by atoms with E-state index >= 15 is 0 Å². The second-order valence-electron chi connectivity index (χ2n) is 7.50. The summed E-state index contributed by atoms with van der Waals surface area (Å²) in [5, 5.41) is 3.13. The molecule has 0 saturated carbocycles. The van der Waals surface area contributed by atoms with Crippen molar-refractivity contribution in [3.63, 3.8) is 0 Å². The van der Waals surface area contributed by atoms with Crippen molar-refractivity contribution in [1.82, 2.24) is 20.0 Å². The fraction of sp³-hybridized carbons (Fsp3) is 0.632. The number of aryl methyl sites for hydroxylation is 2. The SMILES string of the molecule is CCOCc1nc2c(Cl)nc(C)c(C)c2n1NCCCNC(=O)OC(C)(C)C. The zero-order valence-corrected chi connectivity index (χ0v) is 18.2. The molecule has 0 aliphatic rings. The minimum atomic E-state index is -0.505.